The molecule has 9 heteroatoms. The van der Waals surface area contributed by atoms with Crippen molar-refractivity contribution < 1.29 is 17.6 Å². The molecule has 1 aromatic heterocycles. The SMILES string of the molecule is CN(C)S(=O)(=O)c1ccc2c(c1)oc(=O)n2CC(=O)Nc1cccc2ccccc12. The lowest BCUT2D eigenvalue weighted by molar-refractivity contribution is -0.116. The number of anilines is 1. The fourth-order valence-electron chi connectivity index (χ4n) is 3.24. The second-order valence-electron chi connectivity index (χ2n) is 6.95. The maximum atomic E-state index is 12.6. The van der Waals surface area contributed by atoms with Crippen LogP contribution in [0, 0.1) is 0 Å². The molecule has 0 aliphatic rings. The number of hydrogen-bond acceptors (Lipinski definition) is 5. The van der Waals surface area contributed by atoms with E-state index in [0.717, 1.165) is 15.1 Å². The Hall–Kier alpha value is -3.43. The van der Waals surface area contributed by atoms with E-state index in [1.165, 1.54) is 36.9 Å². The summed E-state index contributed by atoms with van der Waals surface area (Å²) in [5.41, 5.74) is 1.07. The molecule has 0 aliphatic carbocycles. The minimum absolute atomic E-state index is 0.00102. The number of nitrogens with zero attached hydrogens (tertiary/aromatic N) is 2. The molecule has 0 bridgehead atoms. The van der Waals surface area contributed by atoms with E-state index in [2.05, 4.69) is 5.32 Å². The van der Waals surface area contributed by atoms with Crippen LogP contribution in [-0.2, 0) is 21.4 Å². The molecule has 4 aromatic rings. The molecule has 0 aliphatic heterocycles. The highest BCUT2D eigenvalue weighted by atomic mass is 32.2. The monoisotopic (exact) mass is 425 g/mol. The Morgan fingerprint density at radius 3 is 2.57 bits per heavy atom. The largest absolute Gasteiger partial charge is 0.420 e. The molecule has 3 aromatic carbocycles. The summed E-state index contributed by atoms with van der Waals surface area (Å²) in [6, 6.07) is 17.3. The van der Waals surface area contributed by atoms with Gasteiger partial charge < -0.3 is 9.73 Å². The van der Waals surface area contributed by atoms with Crippen LogP contribution in [0.5, 0.6) is 0 Å². The Balaban J connectivity index is 1.64. The van der Waals surface area contributed by atoms with Gasteiger partial charge in [-0.1, -0.05) is 36.4 Å². The summed E-state index contributed by atoms with van der Waals surface area (Å²) in [6.07, 6.45) is 0. The zero-order valence-corrected chi connectivity index (χ0v) is 17.1. The van der Waals surface area contributed by atoms with Gasteiger partial charge in [-0.2, -0.15) is 0 Å². The van der Waals surface area contributed by atoms with Crippen molar-refractivity contribution in [3.8, 4) is 0 Å². The highest BCUT2D eigenvalue weighted by Crippen LogP contribution is 2.23. The highest BCUT2D eigenvalue weighted by molar-refractivity contribution is 7.89. The second kappa shape index (κ2) is 7.43. The minimum Gasteiger partial charge on any atom is -0.408 e. The molecule has 0 fully saturated rings. The van der Waals surface area contributed by atoms with E-state index >= 15 is 0 Å². The topological polar surface area (TPSA) is 102 Å². The van der Waals surface area contributed by atoms with Crippen molar-refractivity contribution in [1.82, 2.24) is 8.87 Å². The Kier molecular flexibility index (Phi) is 4.92. The van der Waals surface area contributed by atoms with Gasteiger partial charge in [0.05, 0.1) is 10.4 Å². The van der Waals surface area contributed by atoms with Crippen LogP contribution < -0.4 is 11.1 Å². The number of aromatic nitrogens is 1. The number of hydrogen-bond donors (Lipinski definition) is 1. The molecule has 1 N–H and O–H groups in total. The number of sulfonamides is 1. The summed E-state index contributed by atoms with van der Waals surface area (Å²) in [5, 5.41) is 4.69. The first-order valence-electron chi connectivity index (χ1n) is 9.11. The zero-order valence-electron chi connectivity index (χ0n) is 16.3. The Morgan fingerprint density at radius 1 is 1.07 bits per heavy atom. The molecule has 4 rings (SSSR count). The fourth-order valence-corrected chi connectivity index (χ4v) is 4.15. The van der Waals surface area contributed by atoms with Gasteiger partial charge in [0.2, 0.25) is 15.9 Å². The van der Waals surface area contributed by atoms with Crippen molar-refractivity contribution in [3.63, 3.8) is 0 Å². The van der Waals surface area contributed by atoms with Gasteiger partial charge in [-0.25, -0.2) is 17.5 Å². The second-order valence-corrected chi connectivity index (χ2v) is 9.10. The lowest BCUT2D eigenvalue weighted by Crippen LogP contribution is -2.25. The number of carbonyl (C=O) groups excluding carboxylic acids is 1. The van der Waals surface area contributed by atoms with E-state index in [1.807, 2.05) is 36.4 Å². The molecule has 0 spiro atoms. The smallest absolute Gasteiger partial charge is 0.408 e. The van der Waals surface area contributed by atoms with Crippen LogP contribution in [-0.4, -0.2) is 37.3 Å². The summed E-state index contributed by atoms with van der Waals surface area (Å²) in [4.78, 5) is 24.9. The van der Waals surface area contributed by atoms with Crippen LogP contribution in [0.3, 0.4) is 0 Å². The highest BCUT2D eigenvalue weighted by Gasteiger charge is 2.20. The minimum atomic E-state index is -3.67. The van der Waals surface area contributed by atoms with Crippen molar-refractivity contribution in [2.75, 3.05) is 19.4 Å². The normalized spacial score (nSPS) is 12.0. The average molecular weight is 425 g/mol. The first-order chi connectivity index (χ1) is 14.3. The standard InChI is InChI=1S/C21H19N3O5S/c1-23(2)30(27,28)15-10-11-18-19(12-15)29-21(26)24(18)13-20(25)22-17-9-5-7-14-6-3-4-8-16(14)17/h3-12H,13H2,1-2H3,(H,22,25). The van der Waals surface area contributed by atoms with E-state index < -0.39 is 21.7 Å². The van der Waals surface area contributed by atoms with Crippen molar-refractivity contribution in [2.24, 2.45) is 0 Å². The molecule has 0 radical (unpaired) electrons. The van der Waals surface area contributed by atoms with Crippen molar-refractivity contribution in [1.29, 1.82) is 0 Å². The van der Waals surface area contributed by atoms with Crippen LogP contribution in [0.15, 0.2) is 74.8 Å². The molecule has 0 saturated heterocycles. The van der Waals surface area contributed by atoms with Crippen molar-refractivity contribution in [2.45, 2.75) is 11.4 Å². The maximum absolute atomic E-state index is 12.6. The molecular weight excluding hydrogens is 406 g/mol. The van der Waals surface area contributed by atoms with Gasteiger partial charge in [-0.15, -0.1) is 0 Å². The molecule has 1 heterocycles. The number of rotatable bonds is 5. The number of carbonyl (C=O) groups is 1. The average Bonchev–Trinajstić information content (AvgIpc) is 3.02. The van der Waals surface area contributed by atoms with Gasteiger partial charge in [0.15, 0.2) is 5.58 Å². The summed E-state index contributed by atoms with van der Waals surface area (Å²) >= 11 is 0. The first-order valence-corrected chi connectivity index (χ1v) is 10.5. The van der Waals surface area contributed by atoms with Crippen molar-refractivity contribution >= 4 is 43.5 Å². The Morgan fingerprint density at radius 2 is 1.80 bits per heavy atom. The molecule has 0 saturated carbocycles. The quantitative estimate of drug-likeness (QED) is 0.530. The van der Waals surface area contributed by atoms with Crippen LogP contribution in [0.1, 0.15) is 0 Å². The molecule has 154 valence electrons. The third-order valence-corrected chi connectivity index (χ3v) is 6.59. The van der Waals surface area contributed by atoms with E-state index in [0.29, 0.717) is 11.2 Å². The number of oxazole rings is 1. The van der Waals surface area contributed by atoms with Gasteiger partial charge in [-0.3, -0.25) is 9.36 Å². The third-order valence-electron chi connectivity index (χ3n) is 4.78. The molecule has 0 unspecified atom stereocenters. The molecule has 1 amide bonds. The third kappa shape index (κ3) is 3.49. The van der Waals surface area contributed by atoms with Crippen LogP contribution in [0.25, 0.3) is 21.9 Å². The lowest BCUT2D eigenvalue weighted by atomic mass is 10.1. The van der Waals surface area contributed by atoms with Crippen LogP contribution in [0.4, 0.5) is 5.69 Å². The van der Waals surface area contributed by atoms with Gasteiger partial charge in [-0.05, 0) is 23.6 Å². The summed E-state index contributed by atoms with van der Waals surface area (Å²) in [6.45, 7) is -0.269. The maximum Gasteiger partial charge on any atom is 0.420 e. The van der Waals surface area contributed by atoms with Crippen LogP contribution >= 0.6 is 0 Å². The summed E-state index contributed by atoms with van der Waals surface area (Å²) in [7, 11) is -0.843. The van der Waals surface area contributed by atoms with Gasteiger partial charge in [0, 0.05) is 31.2 Å². The Labute approximate surface area is 172 Å². The van der Waals surface area contributed by atoms with E-state index in [1.54, 1.807) is 6.07 Å². The van der Waals surface area contributed by atoms with Crippen LogP contribution in [0.2, 0.25) is 0 Å². The molecular formula is C21H19N3O5S. The molecule has 0 atom stereocenters. The zero-order chi connectivity index (χ0) is 21.5. The number of nitrogens with one attached hydrogen (secondary N) is 1. The summed E-state index contributed by atoms with van der Waals surface area (Å²) in [5.74, 6) is -1.14. The predicted molar refractivity (Wildman–Crippen MR) is 114 cm³/mol. The van der Waals surface area contributed by atoms with E-state index in [4.69, 9.17) is 4.42 Å². The Bertz CT molecular complexity index is 1430. The number of amides is 1. The van der Waals surface area contributed by atoms with E-state index in [9.17, 15) is 18.0 Å². The number of fused-ring (bicyclic) bond motifs is 2. The van der Waals surface area contributed by atoms with Gasteiger partial charge in [0.25, 0.3) is 0 Å². The lowest BCUT2D eigenvalue weighted by Gasteiger charge is -2.11. The van der Waals surface area contributed by atoms with Gasteiger partial charge in [0.1, 0.15) is 6.54 Å². The van der Waals surface area contributed by atoms with Crippen molar-refractivity contribution in [3.05, 3.63) is 71.2 Å². The number of benzene rings is 3. The molecule has 8 nitrogen and oxygen atoms in total. The predicted octanol–water partition coefficient (Wildman–Crippen LogP) is 2.64. The van der Waals surface area contributed by atoms with Gasteiger partial charge >= 0.3 is 5.76 Å². The summed E-state index contributed by atoms with van der Waals surface area (Å²) < 4.78 is 32.0. The molecule has 30 heavy (non-hydrogen) atoms. The first kappa shape index (κ1) is 19.9. The van der Waals surface area contributed by atoms with E-state index in [-0.39, 0.29) is 17.0 Å². The fraction of sp³-hybridized carbons (Fsp3) is 0.143.